The number of nitrogens with one attached hydrogen (secondary N) is 1. The highest BCUT2D eigenvalue weighted by Crippen LogP contribution is 2.23. The van der Waals surface area contributed by atoms with Crippen LogP contribution in [0.5, 0.6) is 0 Å². The van der Waals surface area contributed by atoms with Gasteiger partial charge < -0.3 is 15.0 Å². The Morgan fingerprint density at radius 2 is 1.71 bits per heavy atom. The minimum Gasteiger partial charge on any atom is -0.480 e. The van der Waals surface area contributed by atoms with Gasteiger partial charge in [-0.1, -0.05) is 36.4 Å². The molecule has 1 aromatic heterocycles. The van der Waals surface area contributed by atoms with Gasteiger partial charge in [0.1, 0.15) is 12.6 Å². The first-order chi connectivity index (χ1) is 13.5. The Morgan fingerprint density at radius 1 is 1.04 bits per heavy atom. The zero-order valence-corrected chi connectivity index (χ0v) is 14.8. The second kappa shape index (κ2) is 6.80. The van der Waals surface area contributed by atoms with Gasteiger partial charge in [0.2, 0.25) is 5.91 Å². The number of carboxylic acid groups (broad SMARTS) is 1. The van der Waals surface area contributed by atoms with E-state index < -0.39 is 35.7 Å². The van der Waals surface area contributed by atoms with E-state index in [1.165, 1.54) is 4.90 Å². The summed E-state index contributed by atoms with van der Waals surface area (Å²) in [7, 11) is 0. The number of hydrogen-bond donors (Lipinski definition) is 2. The Labute approximate surface area is 158 Å². The lowest BCUT2D eigenvalue weighted by atomic mass is 9.94. The van der Waals surface area contributed by atoms with E-state index in [2.05, 4.69) is 4.98 Å². The van der Waals surface area contributed by atoms with Crippen molar-refractivity contribution in [3.8, 4) is 0 Å². The monoisotopic (exact) mass is 379 g/mol. The summed E-state index contributed by atoms with van der Waals surface area (Å²) in [6.45, 7) is -0.406. The van der Waals surface area contributed by atoms with E-state index in [-0.39, 0.29) is 18.4 Å². The fourth-order valence-electron chi connectivity index (χ4n) is 3.57. The average Bonchev–Trinajstić information content (AvgIpc) is 2.70. The Balaban J connectivity index is 1.70. The number of para-hydroxylation sites is 1. The second-order valence-corrected chi connectivity index (χ2v) is 6.72. The highest BCUT2D eigenvalue weighted by atomic mass is 16.4. The van der Waals surface area contributed by atoms with Crippen molar-refractivity contribution in [1.82, 2.24) is 14.5 Å². The summed E-state index contributed by atoms with van der Waals surface area (Å²) in [5, 5.41) is 9.86. The van der Waals surface area contributed by atoms with Crippen LogP contribution in [0.2, 0.25) is 0 Å². The molecule has 1 amide bonds. The van der Waals surface area contributed by atoms with Crippen molar-refractivity contribution in [3.63, 3.8) is 0 Å². The maximum atomic E-state index is 12.9. The number of aromatic amines is 1. The number of benzene rings is 2. The molecule has 0 bridgehead atoms. The van der Waals surface area contributed by atoms with Crippen LogP contribution in [-0.4, -0.2) is 37.5 Å². The number of hydrogen-bond acceptors (Lipinski definition) is 4. The van der Waals surface area contributed by atoms with Gasteiger partial charge in [-0.25, -0.2) is 9.59 Å². The van der Waals surface area contributed by atoms with Gasteiger partial charge in [0, 0.05) is 13.0 Å². The van der Waals surface area contributed by atoms with Crippen LogP contribution in [0.3, 0.4) is 0 Å². The third-order valence-electron chi connectivity index (χ3n) is 5.04. The first-order valence-electron chi connectivity index (χ1n) is 8.76. The van der Waals surface area contributed by atoms with Crippen molar-refractivity contribution in [2.24, 2.45) is 0 Å². The van der Waals surface area contributed by atoms with Crippen LogP contribution in [0.1, 0.15) is 11.1 Å². The van der Waals surface area contributed by atoms with Crippen molar-refractivity contribution < 1.29 is 14.7 Å². The van der Waals surface area contributed by atoms with E-state index in [1.807, 2.05) is 24.3 Å². The number of nitrogens with zero attached hydrogens (tertiary/aromatic N) is 2. The Bertz CT molecular complexity index is 1210. The van der Waals surface area contributed by atoms with Crippen LogP contribution in [0.25, 0.3) is 10.9 Å². The van der Waals surface area contributed by atoms with E-state index in [0.717, 1.165) is 15.7 Å². The number of aromatic nitrogens is 2. The highest BCUT2D eigenvalue weighted by Gasteiger charge is 2.34. The molecule has 4 rings (SSSR count). The fourth-order valence-corrected chi connectivity index (χ4v) is 3.57. The minimum atomic E-state index is -1.12. The summed E-state index contributed by atoms with van der Waals surface area (Å²) >= 11 is 0. The van der Waals surface area contributed by atoms with Gasteiger partial charge in [-0.2, -0.15) is 0 Å². The third kappa shape index (κ3) is 2.98. The predicted molar refractivity (Wildman–Crippen MR) is 101 cm³/mol. The van der Waals surface area contributed by atoms with Gasteiger partial charge in [0.25, 0.3) is 5.56 Å². The van der Waals surface area contributed by atoms with Crippen LogP contribution in [-0.2, 0) is 29.1 Å². The molecule has 8 nitrogen and oxygen atoms in total. The lowest BCUT2D eigenvalue weighted by molar-refractivity contribution is -0.151. The van der Waals surface area contributed by atoms with E-state index >= 15 is 0 Å². The quantitative estimate of drug-likeness (QED) is 0.697. The lowest BCUT2D eigenvalue weighted by Gasteiger charge is -2.34. The van der Waals surface area contributed by atoms with Crippen LogP contribution in [0.4, 0.5) is 0 Å². The molecule has 2 aromatic carbocycles. The minimum absolute atomic E-state index is 0.117. The van der Waals surface area contributed by atoms with Gasteiger partial charge >= 0.3 is 11.7 Å². The molecule has 28 heavy (non-hydrogen) atoms. The van der Waals surface area contributed by atoms with Gasteiger partial charge in [0.15, 0.2) is 0 Å². The molecule has 0 unspecified atom stereocenters. The summed E-state index contributed by atoms with van der Waals surface area (Å²) < 4.78 is 0.810. The molecule has 0 aliphatic carbocycles. The fraction of sp³-hybridized carbons (Fsp3) is 0.200. The van der Waals surface area contributed by atoms with Gasteiger partial charge in [0.05, 0.1) is 10.9 Å². The summed E-state index contributed by atoms with van der Waals surface area (Å²) in [5.41, 5.74) is 0.822. The number of carboxylic acids is 1. The molecular weight excluding hydrogens is 362 g/mol. The van der Waals surface area contributed by atoms with Crippen LogP contribution >= 0.6 is 0 Å². The number of carbonyl (C=O) groups excluding carboxylic acids is 1. The van der Waals surface area contributed by atoms with Crippen molar-refractivity contribution in [1.29, 1.82) is 0 Å². The van der Waals surface area contributed by atoms with Gasteiger partial charge in [-0.3, -0.25) is 14.2 Å². The van der Waals surface area contributed by atoms with Crippen LogP contribution in [0.15, 0.2) is 58.1 Å². The molecule has 0 saturated carbocycles. The van der Waals surface area contributed by atoms with E-state index in [1.54, 1.807) is 24.3 Å². The van der Waals surface area contributed by atoms with E-state index in [9.17, 15) is 24.3 Å². The molecule has 3 aromatic rings. The van der Waals surface area contributed by atoms with Crippen molar-refractivity contribution in [3.05, 3.63) is 80.5 Å². The van der Waals surface area contributed by atoms with Crippen molar-refractivity contribution >= 4 is 22.8 Å². The van der Waals surface area contributed by atoms with E-state index in [4.69, 9.17) is 0 Å². The number of carbonyl (C=O) groups is 2. The molecular formula is C20H17N3O5. The number of rotatable bonds is 3. The zero-order chi connectivity index (χ0) is 19.8. The predicted octanol–water partition coefficient (Wildman–Crippen LogP) is 0.728. The summed E-state index contributed by atoms with van der Waals surface area (Å²) in [4.78, 5) is 53.3. The topological polar surface area (TPSA) is 112 Å². The Morgan fingerprint density at radius 3 is 2.46 bits per heavy atom. The summed E-state index contributed by atoms with van der Waals surface area (Å²) in [5.74, 6) is -1.72. The molecule has 0 fully saturated rings. The first kappa shape index (κ1) is 17.7. The number of aliphatic carboxylic acids is 1. The number of fused-ring (bicyclic) bond motifs is 2. The average molecular weight is 379 g/mol. The number of amides is 1. The van der Waals surface area contributed by atoms with E-state index in [0.29, 0.717) is 5.52 Å². The molecule has 1 atom stereocenters. The highest BCUT2D eigenvalue weighted by molar-refractivity contribution is 5.85. The molecule has 142 valence electrons. The lowest BCUT2D eigenvalue weighted by Crippen LogP contribution is -2.51. The molecule has 2 heterocycles. The largest absolute Gasteiger partial charge is 0.480 e. The molecule has 1 aliphatic heterocycles. The Kier molecular flexibility index (Phi) is 4.31. The maximum Gasteiger partial charge on any atom is 0.329 e. The zero-order valence-electron chi connectivity index (χ0n) is 14.8. The molecule has 0 spiro atoms. The van der Waals surface area contributed by atoms with Crippen molar-refractivity contribution in [2.75, 3.05) is 0 Å². The van der Waals surface area contributed by atoms with Gasteiger partial charge in [-0.15, -0.1) is 0 Å². The van der Waals surface area contributed by atoms with Crippen LogP contribution in [0, 0.1) is 0 Å². The molecule has 1 aliphatic rings. The maximum absolute atomic E-state index is 12.9. The molecule has 2 N–H and O–H groups in total. The first-order valence-corrected chi connectivity index (χ1v) is 8.76. The SMILES string of the molecule is O=C(O)[C@H]1Cc2ccccc2CN1C(=O)Cn1c(=O)[nH]c2ccccc2c1=O. The molecule has 0 radical (unpaired) electrons. The standard InChI is InChI=1S/C20H17N3O5/c24-17(11-23-18(25)14-7-3-4-8-15(14)21-20(23)28)22-10-13-6-2-1-5-12(13)9-16(22)19(26)27/h1-8,16H,9-11H2,(H,21,28)(H,26,27)/t16-/m1/s1. The number of H-pyrrole nitrogens is 1. The normalized spacial score (nSPS) is 16.0. The smallest absolute Gasteiger partial charge is 0.329 e. The summed E-state index contributed by atoms with van der Waals surface area (Å²) in [6.07, 6.45) is 0.181. The third-order valence-corrected chi connectivity index (χ3v) is 5.04. The van der Waals surface area contributed by atoms with Gasteiger partial charge in [-0.05, 0) is 23.3 Å². The summed E-state index contributed by atoms with van der Waals surface area (Å²) in [6, 6.07) is 12.8. The second-order valence-electron chi connectivity index (χ2n) is 6.72. The molecule has 8 heteroatoms. The Hall–Kier alpha value is -3.68. The molecule has 0 saturated heterocycles. The van der Waals surface area contributed by atoms with Crippen molar-refractivity contribution in [2.45, 2.75) is 25.6 Å². The van der Waals surface area contributed by atoms with Crippen LogP contribution < -0.4 is 11.2 Å².